The van der Waals surface area contributed by atoms with Crippen molar-refractivity contribution in [2.75, 3.05) is 12.4 Å². The van der Waals surface area contributed by atoms with E-state index in [9.17, 15) is 9.59 Å². The third-order valence-corrected chi connectivity index (χ3v) is 3.74. The molecule has 1 amide bonds. The predicted octanol–water partition coefficient (Wildman–Crippen LogP) is 4.25. The van der Waals surface area contributed by atoms with Crippen molar-refractivity contribution in [3.05, 3.63) is 89.9 Å². The van der Waals surface area contributed by atoms with Gasteiger partial charge in [0.2, 0.25) is 0 Å². The molecule has 0 atom stereocenters. The van der Waals surface area contributed by atoms with Gasteiger partial charge in [0.25, 0.3) is 5.91 Å². The molecule has 0 saturated carbocycles. The maximum atomic E-state index is 12.9. The van der Waals surface area contributed by atoms with Crippen LogP contribution in [-0.2, 0) is 9.53 Å². The predicted molar refractivity (Wildman–Crippen MR) is 99.4 cm³/mol. The van der Waals surface area contributed by atoms with Crippen LogP contribution >= 0.6 is 0 Å². The number of para-hydroxylation sites is 1. The Labute approximate surface area is 150 Å². The summed E-state index contributed by atoms with van der Waals surface area (Å²) in [4.78, 5) is 24.8. The summed E-state index contributed by atoms with van der Waals surface area (Å²) in [5.74, 6) is -0.318. The molecule has 3 aromatic rings. The first-order valence-corrected chi connectivity index (χ1v) is 7.98. The number of carbonyl (C=O) groups excluding carboxylic acids is 2. The van der Waals surface area contributed by atoms with Gasteiger partial charge in [0.15, 0.2) is 0 Å². The highest BCUT2D eigenvalue weighted by atomic mass is 16.5. The quantitative estimate of drug-likeness (QED) is 0.553. The zero-order valence-electron chi connectivity index (χ0n) is 14.1. The molecule has 3 rings (SSSR count). The molecule has 0 radical (unpaired) electrons. The number of esters is 1. The lowest BCUT2D eigenvalue weighted by molar-refractivity contribution is -0.111. The van der Waals surface area contributed by atoms with E-state index in [1.54, 1.807) is 48.7 Å². The molecule has 1 heterocycles. The van der Waals surface area contributed by atoms with Crippen molar-refractivity contribution < 1.29 is 18.7 Å². The molecule has 130 valence electrons. The van der Waals surface area contributed by atoms with E-state index in [1.807, 2.05) is 30.3 Å². The lowest BCUT2D eigenvalue weighted by Crippen LogP contribution is -2.16. The lowest BCUT2D eigenvalue weighted by atomic mass is 10.0. The average molecular weight is 347 g/mol. The zero-order chi connectivity index (χ0) is 18.4. The van der Waals surface area contributed by atoms with Crippen LogP contribution in [0.5, 0.6) is 0 Å². The van der Waals surface area contributed by atoms with Crippen LogP contribution in [0.2, 0.25) is 0 Å². The molecule has 2 aromatic carbocycles. The van der Waals surface area contributed by atoms with Crippen LogP contribution in [0.3, 0.4) is 0 Å². The topological polar surface area (TPSA) is 68.5 Å². The number of hydrogen-bond donors (Lipinski definition) is 1. The van der Waals surface area contributed by atoms with E-state index in [-0.39, 0.29) is 11.5 Å². The van der Waals surface area contributed by atoms with Crippen molar-refractivity contribution in [1.29, 1.82) is 0 Å². The van der Waals surface area contributed by atoms with E-state index >= 15 is 0 Å². The van der Waals surface area contributed by atoms with Crippen LogP contribution in [0.25, 0.3) is 11.6 Å². The zero-order valence-corrected chi connectivity index (χ0v) is 14.1. The number of methoxy groups -OCH3 is 1. The molecule has 5 nitrogen and oxygen atoms in total. The first kappa shape index (κ1) is 17.2. The number of ether oxygens (including phenoxy) is 1. The van der Waals surface area contributed by atoms with E-state index in [0.29, 0.717) is 17.0 Å². The van der Waals surface area contributed by atoms with Crippen molar-refractivity contribution in [2.45, 2.75) is 0 Å². The van der Waals surface area contributed by atoms with Gasteiger partial charge in [0.1, 0.15) is 5.76 Å². The molecule has 0 bridgehead atoms. The molecule has 0 aliphatic heterocycles. The molecule has 0 saturated heterocycles. The van der Waals surface area contributed by atoms with Crippen LogP contribution in [0.15, 0.2) is 77.4 Å². The second-order valence-electron chi connectivity index (χ2n) is 5.43. The monoisotopic (exact) mass is 347 g/mol. The van der Waals surface area contributed by atoms with Crippen LogP contribution in [0.1, 0.15) is 21.7 Å². The number of amides is 1. The highest BCUT2D eigenvalue weighted by Crippen LogP contribution is 2.23. The highest BCUT2D eigenvalue weighted by Gasteiger charge is 2.17. The second kappa shape index (κ2) is 7.98. The summed E-state index contributed by atoms with van der Waals surface area (Å²) >= 11 is 0. The Bertz CT molecular complexity index is 928. The van der Waals surface area contributed by atoms with Gasteiger partial charge in [-0.05, 0) is 35.9 Å². The van der Waals surface area contributed by atoms with Crippen LogP contribution in [-0.4, -0.2) is 19.0 Å². The Balaban J connectivity index is 1.96. The van der Waals surface area contributed by atoms with Gasteiger partial charge in [-0.3, -0.25) is 4.79 Å². The Hall–Kier alpha value is -3.60. The van der Waals surface area contributed by atoms with Gasteiger partial charge < -0.3 is 14.5 Å². The first-order chi connectivity index (χ1) is 12.7. The van der Waals surface area contributed by atoms with Gasteiger partial charge >= 0.3 is 5.97 Å². The van der Waals surface area contributed by atoms with Crippen molar-refractivity contribution in [2.24, 2.45) is 0 Å². The summed E-state index contributed by atoms with van der Waals surface area (Å²) in [5.41, 5.74) is 1.82. The smallest absolute Gasteiger partial charge is 0.339 e. The number of rotatable bonds is 5. The number of anilines is 1. The van der Waals surface area contributed by atoms with Gasteiger partial charge in [-0.15, -0.1) is 0 Å². The number of nitrogens with one attached hydrogen (secondary N) is 1. The molecular weight excluding hydrogens is 330 g/mol. The van der Waals surface area contributed by atoms with Gasteiger partial charge in [0, 0.05) is 0 Å². The van der Waals surface area contributed by atoms with Gasteiger partial charge in [-0.25, -0.2) is 4.79 Å². The van der Waals surface area contributed by atoms with Gasteiger partial charge in [-0.1, -0.05) is 42.5 Å². The number of hydrogen-bond acceptors (Lipinski definition) is 4. The molecule has 0 unspecified atom stereocenters. The summed E-state index contributed by atoms with van der Waals surface area (Å²) in [5, 5.41) is 2.79. The molecule has 1 aromatic heterocycles. The van der Waals surface area contributed by atoms with Crippen molar-refractivity contribution >= 4 is 29.2 Å². The fourth-order valence-corrected chi connectivity index (χ4v) is 2.48. The van der Waals surface area contributed by atoms with Crippen molar-refractivity contribution in [3.63, 3.8) is 0 Å². The molecule has 0 spiro atoms. The van der Waals surface area contributed by atoms with Crippen LogP contribution in [0.4, 0.5) is 5.69 Å². The standard InChI is InChI=1S/C21H17NO4/c1-25-21(24)17-11-5-6-12-19(17)22-20(23)18(14-16-10-7-13-26-16)15-8-3-2-4-9-15/h2-14H,1H3,(H,22,23)/b18-14+. The third kappa shape index (κ3) is 3.89. The lowest BCUT2D eigenvalue weighted by Gasteiger charge is -2.12. The Morgan fingerprint density at radius 2 is 1.69 bits per heavy atom. The number of furan rings is 1. The Morgan fingerprint density at radius 3 is 2.38 bits per heavy atom. The highest BCUT2D eigenvalue weighted by molar-refractivity contribution is 6.29. The average Bonchev–Trinajstić information content (AvgIpc) is 3.20. The molecule has 5 heteroatoms. The molecular formula is C21H17NO4. The van der Waals surface area contributed by atoms with E-state index in [2.05, 4.69) is 5.32 Å². The summed E-state index contributed by atoms with van der Waals surface area (Å²) in [6, 6.07) is 19.4. The molecule has 0 aliphatic rings. The maximum Gasteiger partial charge on any atom is 0.339 e. The number of carbonyl (C=O) groups is 2. The minimum absolute atomic E-state index is 0.286. The molecule has 0 aliphatic carbocycles. The van der Waals surface area contributed by atoms with E-state index in [4.69, 9.17) is 9.15 Å². The first-order valence-electron chi connectivity index (χ1n) is 7.98. The SMILES string of the molecule is COC(=O)c1ccccc1NC(=O)/C(=C/c1ccco1)c1ccccc1. The molecule has 0 fully saturated rings. The van der Waals surface area contributed by atoms with Gasteiger partial charge in [0.05, 0.1) is 30.2 Å². The largest absolute Gasteiger partial charge is 0.465 e. The molecule has 1 N–H and O–H groups in total. The van der Waals surface area contributed by atoms with Crippen molar-refractivity contribution in [3.8, 4) is 0 Å². The Morgan fingerprint density at radius 1 is 0.962 bits per heavy atom. The minimum atomic E-state index is -0.517. The van der Waals surface area contributed by atoms with Crippen molar-refractivity contribution in [1.82, 2.24) is 0 Å². The third-order valence-electron chi connectivity index (χ3n) is 3.74. The normalized spacial score (nSPS) is 11.0. The number of benzene rings is 2. The van der Waals surface area contributed by atoms with Crippen LogP contribution in [0, 0.1) is 0 Å². The maximum absolute atomic E-state index is 12.9. The van der Waals surface area contributed by atoms with Gasteiger partial charge in [-0.2, -0.15) is 0 Å². The summed E-state index contributed by atoms with van der Waals surface area (Å²) in [6.07, 6.45) is 3.20. The van der Waals surface area contributed by atoms with Crippen LogP contribution < -0.4 is 5.32 Å². The summed E-state index contributed by atoms with van der Waals surface area (Å²) in [6.45, 7) is 0. The fourth-order valence-electron chi connectivity index (χ4n) is 2.48. The summed E-state index contributed by atoms with van der Waals surface area (Å²) in [7, 11) is 1.30. The van der Waals surface area contributed by atoms with E-state index in [0.717, 1.165) is 5.56 Å². The van der Waals surface area contributed by atoms with E-state index in [1.165, 1.54) is 7.11 Å². The minimum Gasteiger partial charge on any atom is -0.465 e. The van der Waals surface area contributed by atoms with E-state index < -0.39 is 5.97 Å². The second-order valence-corrected chi connectivity index (χ2v) is 5.43. The fraction of sp³-hybridized carbons (Fsp3) is 0.0476. The molecule has 26 heavy (non-hydrogen) atoms. The Kier molecular flexibility index (Phi) is 5.29. The summed E-state index contributed by atoms with van der Waals surface area (Å²) < 4.78 is 10.1.